The van der Waals surface area contributed by atoms with Crippen molar-refractivity contribution < 1.29 is 9.90 Å². The minimum absolute atomic E-state index is 0.241. The van der Waals surface area contributed by atoms with Crippen molar-refractivity contribution in [2.24, 2.45) is 0 Å². The normalized spacial score (nSPS) is 12.2. The summed E-state index contributed by atoms with van der Waals surface area (Å²) in [4.78, 5) is 13.1. The zero-order valence-electron chi connectivity index (χ0n) is 16.5. The Labute approximate surface area is 176 Å². The Kier molecular flexibility index (Phi) is 5.73. The minimum atomic E-state index is -1.46. The number of carbonyl (C=O) groups excluding carboxylic acids is 1. The molecular formula is C27H23NO2. The van der Waals surface area contributed by atoms with E-state index < -0.39 is 11.6 Å². The highest BCUT2D eigenvalue weighted by Crippen LogP contribution is 2.41. The predicted molar refractivity (Wildman–Crippen MR) is 119 cm³/mol. The number of aliphatic hydroxyl groups is 1. The number of hydrogen-bond donors (Lipinski definition) is 2. The lowest BCUT2D eigenvalue weighted by Gasteiger charge is -2.38. The fourth-order valence-electron chi connectivity index (χ4n) is 3.76. The lowest BCUT2D eigenvalue weighted by Crippen LogP contribution is -2.45. The fraction of sp³-hybridized carbons (Fsp3) is 0.0741. The van der Waals surface area contributed by atoms with Crippen molar-refractivity contribution in [3.63, 3.8) is 0 Å². The summed E-state index contributed by atoms with van der Waals surface area (Å²) in [6, 6.07) is 36.9. The van der Waals surface area contributed by atoms with E-state index in [2.05, 4.69) is 5.32 Å². The molecule has 0 aliphatic carbocycles. The monoisotopic (exact) mass is 393 g/mol. The van der Waals surface area contributed by atoms with E-state index in [0.29, 0.717) is 16.7 Å². The summed E-state index contributed by atoms with van der Waals surface area (Å²) < 4.78 is 0. The zero-order chi connectivity index (χ0) is 20.8. The summed E-state index contributed by atoms with van der Waals surface area (Å²) >= 11 is 0. The van der Waals surface area contributed by atoms with E-state index in [-0.39, 0.29) is 5.91 Å². The van der Waals surface area contributed by atoms with Gasteiger partial charge in [0.25, 0.3) is 5.91 Å². The topological polar surface area (TPSA) is 49.3 Å². The van der Waals surface area contributed by atoms with Crippen LogP contribution in [0.5, 0.6) is 0 Å². The molecule has 4 rings (SSSR count). The van der Waals surface area contributed by atoms with Gasteiger partial charge in [-0.15, -0.1) is 0 Å². The van der Waals surface area contributed by atoms with Crippen LogP contribution in [-0.2, 0) is 5.60 Å². The zero-order valence-corrected chi connectivity index (χ0v) is 16.5. The molecule has 0 heterocycles. The Balaban J connectivity index is 1.87. The van der Waals surface area contributed by atoms with Crippen molar-refractivity contribution in [3.8, 4) is 0 Å². The van der Waals surface area contributed by atoms with Gasteiger partial charge in [0.15, 0.2) is 0 Å². The molecule has 0 saturated heterocycles. The van der Waals surface area contributed by atoms with Crippen LogP contribution >= 0.6 is 0 Å². The number of amides is 1. The van der Waals surface area contributed by atoms with Gasteiger partial charge in [0.2, 0.25) is 0 Å². The second-order valence-corrected chi connectivity index (χ2v) is 7.18. The second kappa shape index (κ2) is 8.76. The first-order valence-electron chi connectivity index (χ1n) is 9.94. The summed E-state index contributed by atoms with van der Waals surface area (Å²) in [5, 5.41) is 15.3. The molecule has 0 radical (unpaired) electrons. The molecule has 3 nitrogen and oxygen atoms in total. The summed E-state index contributed by atoms with van der Waals surface area (Å²) in [7, 11) is 0. The Morgan fingerprint density at radius 2 is 1.03 bits per heavy atom. The lowest BCUT2D eigenvalue weighted by atomic mass is 9.77. The third-order valence-corrected chi connectivity index (χ3v) is 5.29. The lowest BCUT2D eigenvalue weighted by molar-refractivity contribution is 0.0338. The van der Waals surface area contributed by atoms with Gasteiger partial charge < -0.3 is 10.4 Å². The largest absolute Gasteiger partial charge is 0.378 e. The van der Waals surface area contributed by atoms with Gasteiger partial charge in [0.05, 0.1) is 6.04 Å². The van der Waals surface area contributed by atoms with Gasteiger partial charge in [-0.1, -0.05) is 109 Å². The van der Waals surface area contributed by atoms with Gasteiger partial charge >= 0.3 is 0 Å². The molecule has 1 atom stereocenters. The Hall–Kier alpha value is -3.69. The molecule has 0 spiro atoms. The number of hydrogen-bond acceptors (Lipinski definition) is 2. The highest BCUT2D eigenvalue weighted by atomic mass is 16.3. The maximum Gasteiger partial charge on any atom is 0.251 e. The van der Waals surface area contributed by atoms with Gasteiger partial charge in [-0.3, -0.25) is 4.79 Å². The van der Waals surface area contributed by atoms with Gasteiger partial charge in [0.1, 0.15) is 5.60 Å². The molecule has 0 bridgehead atoms. The van der Waals surface area contributed by atoms with E-state index in [0.717, 1.165) is 5.56 Å². The molecule has 0 aliphatic rings. The maximum atomic E-state index is 13.1. The first kappa shape index (κ1) is 19.6. The van der Waals surface area contributed by atoms with Crippen LogP contribution in [0, 0.1) is 0 Å². The van der Waals surface area contributed by atoms with Crippen LogP contribution in [0.2, 0.25) is 0 Å². The van der Waals surface area contributed by atoms with E-state index in [1.54, 1.807) is 12.1 Å². The van der Waals surface area contributed by atoms with E-state index >= 15 is 0 Å². The molecule has 4 aromatic carbocycles. The molecule has 0 saturated carbocycles. The number of nitrogens with one attached hydrogen (secondary N) is 1. The van der Waals surface area contributed by atoms with E-state index in [1.807, 2.05) is 109 Å². The van der Waals surface area contributed by atoms with Gasteiger partial charge in [-0.2, -0.15) is 0 Å². The number of rotatable bonds is 6. The smallest absolute Gasteiger partial charge is 0.251 e. The average Bonchev–Trinajstić information content (AvgIpc) is 2.84. The molecule has 0 aliphatic heterocycles. The van der Waals surface area contributed by atoms with Crippen molar-refractivity contribution in [2.45, 2.75) is 11.6 Å². The van der Waals surface area contributed by atoms with Crippen molar-refractivity contribution in [2.75, 3.05) is 0 Å². The highest BCUT2D eigenvalue weighted by Gasteiger charge is 2.42. The van der Waals surface area contributed by atoms with Crippen LogP contribution in [0.25, 0.3) is 0 Å². The van der Waals surface area contributed by atoms with Gasteiger partial charge in [-0.05, 0) is 28.8 Å². The molecule has 3 heteroatoms. The molecule has 0 unspecified atom stereocenters. The number of carbonyl (C=O) groups is 1. The quantitative estimate of drug-likeness (QED) is 0.479. The summed E-state index contributed by atoms with van der Waals surface area (Å²) in [5.41, 5.74) is 1.31. The predicted octanol–water partition coefficient (Wildman–Crippen LogP) is 5.09. The summed E-state index contributed by atoms with van der Waals surface area (Å²) in [6.07, 6.45) is 0. The molecule has 30 heavy (non-hydrogen) atoms. The number of benzene rings is 4. The third-order valence-electron chi connectivity index (χ3n) is 5.29. The Bertz CT molecular complexity index is 1040. The van der Waals surface area contributed by atoms with Crippen LogP contribution in [0.1, 0.15) is 33.1 Å². The standard InChI is InChI=1S/C27H23NO2/c29-26(22-15-7-2-8-16-22)28-25(21-13-5-1-6-14-21)27(30,23-17-9-3-10-18-23)24-19-11-4-12-20-24/h1-20,25,30H,(H,28,29)/t25-/m0/s1. The minimum Gasteiger partial charge on any atom is -0.378 e. The van der Waals surface area contributed by atoms with Gasteiger partial charge in [-0.25, -0.2) is 0 Å². The van der Waals surface area contributed by atoms with Crippen molar-refractivity contribution in [1.82, 2.24) is 5.32 Å². The van der Waals surface area contributed by atoms with Crippen molar-refractivity contribution in [3.05, 3.63) is 144 Å². The fourth-order valence-corrected chi connectivity index (χ4v) is 3.76. The first-order valence-corrected chi connectivity index (χ1v) is 9.94. The Morgan fingerprint density at radius 3 is 1.50 bits per heavy atom. The average molecular weight is 393 g/mol. The second-order valence-electron chi connectivity index (χ2n) is 7.18. The van der Waals surface area contributed by atoms with Crippen LogP contribution in [0.4, 0.5) is 0 Å². The summed E-state index contributed by atoms with van der Waals surface area (Å²) in [5.74, 6) is -0.241. The molecule has 4 aromatic rings. The van der Waals surface area contributed by atoms with E-state index in [9.17, 15) is 9.90 Å². The van der Waals surface area contributed by atoms with Crippen LogP contribution in [0.3, 0.4) is 0 Å². The maximum absolute atomic E-state index is 13.1. The third kappa shape index (κ3) is 3.88. The molecule has 0 aromatic heterocycles. The van der Waals surface area contributed by atoms with E-state index in [4.69, 9.17) is 0 Å². The molecule has 2 N–H and O–H groups in total. The van der Waals surface area contributed by atoms with Crippen molar-refractivity contribution in [1.29, 1.82) is 0 Å². The van der Waals surface area contributed by atoms with Crippen LogP contribution in [-0.4, -0.2) is 11.0 Å². The van der Waals surface area contributed by atoms with Crippen molar-refractivity contribution >= 4 is 5.91 Å². The SMILES string of the molecule is O=C(N[C@@H](c1ccccc1)C(O)(c1ccccc1)c1ccccc1)c1ccccc1. The highest BCUT2D eigenvalue weighted by molar-refractivity contribution is 5.94. The van der Waals surface area contributed by atoms with Gasteiger partial charge in [0, 0.05) is 5.56 Å². The summed E-state index contributed by atoms with van der Waals surface area (Å²) in [6.45, 7) is 0. The molecule has 148 valence electrons. The van der Waals surface area contributed by atoms with Crippen LogP contribution < -0.4 is 5.32 Å². The first-order chi connectivity index (χ1) is 14.7. The molecular weight excluding hydrogens is 370 g/mol. The molecule has 0 fully saturated rings. The molecule has 1 amide bonds. The Morgan fingerprint density at radius 1 is 0.633 bits per heavy atom. The van der Waals surface area contributed by atoms with E-state index in [1.165, 1.54) is 0 Å². The van der Waals surface area contributed by atoms with Crippen LogP contribution in [0.15, 0.2) is 121 Å².